The van der Waals surface area contributed by atoms with Crippen molar-refractivity contribution in [3.8, 4) is 0 Å². The monoisotopic (exact) mass is 279 g/mol. The van der Waals surface area contributed by atoms with Crippen LogP contribution in [-0.2, 0) is 0 Å². The zero-order chi connectivity index (χ0) is 13.4. The molecule has 0 spiro atoms. The van der Waals surface area contributed by atoms with Gasteiger partial charge < -0.3 is 5.73 Å². The fourth-order valence-corrected chi connectivity index (χ4v) is 2.24. The van der Waals surface area contributed by atoms with E-state index in [2.05, 4.69) is 0 Å². The van der Waals surface area contributed by atoms with Crippen LogP contribution in [0, 0.1) is 29.1 Å². The molecule has 0 unspecified atom stereocenters. The first kappa shape index (κ1) is 13.0. The van der Waals surface area contributed by atoms with Gasteiger partial charge in [0.15, 0.2) is 23.3 Å². The minimum absolute atomic E-state index is 0.304. The van der Waals surface area contributed by atoms with Crippen LogP contribution in [-0.4, -0.2) is 0 Å². The molecule has 2 aromatic rings. The molecule has 96 valence electrons. The van der Waals surface area contributed by atoms with E-state index in [0.717, 1.165) is 11.3 Å². The molecule has 1 heterocycles. The lowest BCUT2D eigenvalue weighted by molar-refractivity contribution is 0.367. The molecule has 2 N–H and O–H groups in total. The van der Waals surface area contributed by atoms with E-state index in [-0.39, 0.29) is 0 Å². The predicted molar refractivity (Wildman–Crippen MR) is 56.6 cm³/mol. The van der Waals surface area contributed by atoms with E-state index in [1.54, 1.807) is 11.4 Å². The van der Waals surface area contributed by atoms with E-state index in [1.165, 1.54) is 6.07 Å². The summed E-state index contributed by atoms with van der Waals surface area (Å²) in [5.74, 6) is -9.96. The van der Waals surface area contributed by atoms with E-state index in [0.29, 0.717) is 4.88 Å². The molecule has 1 atom stereocenters. The molecule has 0 fully saturated rings. The van der Waals surface area contributed by atoms with Crippen molar-refractivity contribution in [3.63, 3.8) is 0 Å². The van der Waals surface area contributed by atoms with Crippen LogP contribution in [0.5, 0.6) is 0 Å². The van der Waals surface area contributed by atoms with Crippen molar-refractivity contribution < 1.29 is 22.0 Å². The summed E-state index contributed by atoms with van der Waals surface area (Å²) < 4.78 is 65.7. The van der Waals surface area contributed by atoms with Crippen molar-refractivity contribution in [2.75, 3.05) is 0 Å². The average Bonchev–Trinajstić information content (AvgIpc) is 2.88. The normalized spacial score (nSPS) is 12.8. The Hall–Kier alpha value is -1.47. The topological polar surface area (TPSA) is 26.0 Å². The number of thiophene rings is 1. The second-order valence-corrected chi connectivity index (χ2v) is 4.46. The van der Waals surface area contributed by atoms with Gasteiger partial charge in [0.25, 0.3) is 0 Å². The highest BCUT2D eigenvalue weighted by molar-refractivity contribution is 7.10. The Kier molecular flexibility index (Phi) is 3.36. The average molecular weight is 279 g/mol. The summed E-state index contributed by atoms with van der Waals surface area (Å²) in [6.07, 6.45) is 0. The molecule has 0 bridgehead atoms. The van der Waals surface area contributed by atoms with Crippen molar-refractivity contribution in [2.24, 2.45) is 5.73 Å². The molecule has 0 saturated heterocycles. The first-order valence-electron chi connectivity index (χ1n) is 4.75. The van der Waals surface area contributed by atoms with Gasteiger partial charge in [-0.25, -0.2) is 22.0 Å². The summed E-state index contributed by atoms with van der Waals surface area (Å²) in [4.78, 5) is 0.304. The van der Waals surface area contributed by atoms with E-state index in [9.17, 15) is 22.0 Å². The van der Waals surface area contributed by atoms with Crippen molar-refractivity contribution in [1.29, 1.82) is 0 Å². The van der Waals surface area contributed by atoms with Gasteiger partial charge in [0, 0.05) is 4.88 Å². The van der Waals surface area contributed by atoms with Gasteiger partial charge in [-0.1, -0.05) is 6.07 Å². The molecule has 1 nitrogen and oxygen atoms in total. The molecule has 0 aliphatic heterocycles. The van der Waals surface area contributed by atoms with Gasteiger partial charge in [-0.2, -0.15) is 0 Å². The molecule has 1 aromatic carbocycles. The lowest BCUT2D eigenvalue weighted by Gasteiger charge is -2.13. The highest BCUT2D eigenvalue weighted by Crippen LogP contribution is 2.31. The fraction of sp³-hybridized carbons (Fsp3) is 0.0909. The zero-order valence-corrected chi connectivity index (χ0v) is 9.50. The number of benzene rings is 1. The SMILES string of the molecule is N[C@@H](c1cccs1)c1c(F)c(F)c(F)c(F)c1F. The van der Waals surface area contributed by atoms with Gasteiger partial charge >= 0.3 is 0 Å². The van der Waals surface area contributed by atoms with Crippen LogP contribution in [0.15, 0.2) is 17.5 Å². The number of rotatable bonds is 2. The smallest absolute Gasteiger partial charge is 0.200 e. The molecule has 0 aliphatic rings. The Bertz CT molecular complexity index is 553. The lowest BCUT2D eigenvalue weighted by Crippen LogP contribution is -2.18. The van der Waals surface area contributed by atoms with Crippen LogP contribution in [0.25, 0.3) is 0 Å². The summed E-state index contributed by atoms with van der Waals surface area (Å²) >= 11 is 1.06. The third-order valence-electron chi connectivity index (χ3n) is 2.40. The van der Waals surface area contributed by atoms with Crippen molar-refractivity contribution in [2.45, 2.75) is 6.04 Å². The van der Waals surface area contributed by atoms with Crippen molar-refractivity contribution >= 4 is 11.3 Å². The third kappa shape index (κ3) is 1.89. The quantitative estimate of drug-likeness (QED) is 0.508. The second-order valence-electron chi connectivity index (χ2n) is 3.48. The number of hydrogen-bond acceptors (Lipinski definition) is 2. The molecule has 0 amide bonds. The number of hydrogen-bond donors (Lipinski definition) is 1. The van der Waals surface area contributed by atoms with Gasteiger partial charge in [-0.3, -0.25) is 0 Å². The van der Waals surface area contributed by atoms with Gasteiger partial charge in [-0.05, 0) is 11.4 Å². The van der Waals surface area contributed by atoms with Gasteiger partial charge in [-0.15, -0.1) is 11.3 Å². The fourth-order valence-electron chi connectivity index (χ4n) is 1.51. The maximum Gasteiger partial charge on any atom is 0.200 e. The minimum atomic E-state index is -2.19. The number of halogens is 5. The van der Waals surface area contributed by atoms with Crippen LogP contribution < -0.4 is 5.73 Å². The Morgan fingerprint density at radius 2 is 1.39 bits per heavy atom. The Labute approximate surface area is 103 Å². The Morgan fingerprint density at radius 3 is 1.83 bits per heavy atom. The summed E-state index contributed by atoms with van der Waals surface area (Å²) in [6.45, 7) is 0. The molecule has 2 rings (SSSR count). The second kappa shape index (κ2) is 4.66. The van der Waals surface area contributed by atoms with Crippen LogP contribution >= 0.6 is 11.3 Å². The Balaban J connectivity index is 2.65. The predicted octanol–water partition coefficient (Wildman–Crippen LogP) is 3.49. The molecule has 18 heavy (non-hydrogen) atoms. The summed E-state index contributed by atoms with van der Waals surface area (Å²) in [5.41, 5.74) is 4.51. The van der Waals surface area contributed by atoms with Crippen molar-refractivity contribution in [1.82, 2.24) is 0 Å². The maximum atomic E-state index is 13.4. The van der Waals surface area contributed by atoms with Crippen LogP contribution in [0.2, 0.25) is 0 Å². The molecule has 7 heteroatoms. The first-order chi connectivity index (χ1) is 8.45. The first-order valence-corrected chi connectivity index (χ1v) is 5.63. The highest BCUT2D eigenvalue weighted by Gasteiger charge is 2.29. The lowest BCUT2D eigenvalue weighted by atomic mass is 10.0. The van der Waals surface area contributed by atoms with E-state index in [1.807, 2.05) is 0 Å². The molecule has 0 aliphatic carbocycles. The van der Waals surface area contributed by atoms with Gasteiger partial charge in [0.1, 0.15) is 0 Å². The largest absolute Gasteiger partial charge is 0.319 e. The van der Waals surface area contributed by atoms with E-state index in [4.69, 9.17) is 5.73 Å². The molecule has 0 saturated carbocycles. The van der Waals surface area contributed by atoms with Gasteiger partial charge in [0.2, 0.25) is 5.82 Å². The van der Waals surface area contributed by atoms with E-state index < -0.39 is 40.7 Å². The summed E-state index contributed by atoms with van der Waals surface area (Å²) in [5, 5.41) is 1.58. The van der Waals surface area contributed by atoms with E-state index >= 15 is 0 Å². The minimum Gasteiger partial charge on any atom is -0.319 e. The maximum absolute atomic E-state index is 13.4. The molecule has 0 radical (unpaired) electrons. The molecular formula is C11H6F5NS. The van der Waals surface area contributed by atoms with Crippen LogP contribution in [0.1, 0.15) is 16.5 Å². The molecule has 1 aromatic heterocycles. The Morgan fingerprint density at radius 1 is 0.889 bits per heavy atom. The standard InChI is InChI=1S/C11H6F5NS/c12-6-5(11(17)4-2-1-3-18-4)7(13)9(15)10(16)8(6)14/h1-3,11H,17H2/t11-/m0/s1. The zero-order valence-electron chi connectivity index (χ0n) is 8.68. The summed E-state index contributed by atoms with van der Waals surface area (Å²) in [6, 6.07) is 1.62. The highest BCUT2D eigenvalue weighted by atomic mass is 32.1. The molecular weight excluding hydrogens is 273 g/mol. The summed E-state index contributed by atoms with van der Waals surface area (Å²) in [7, 11) is 0. The van der Waals surface area contributed by atoms with Crippen LogP contribution in [0.4, 0.5) is 22.0 Å². The third-order valence-corrected chi connectivity index (χ3v) is 3.36. The van der Waals surface area contributed by atoms with Crippen molar-refractivity contribution in [3.05, 3.63) is 57.0 Å². The van der Waals surface area contributed by atoms with Gasteiger partial charge in [0.05, 0.1) is 11.6 Å². The van der Waals surface area contributed by atoms with Crippen LogP contribution in [0.3, 0.4) is 0 Å². The number of nitrogens with two attached hydrogens (primary N) is 1.